The van der Waals surface area contributed by atoms with Crippen LogP contribution in [0.3, 0.4) is 0 Å². The van der Waals surface area contributed by atoms with Crippen LogP contribution in [0.2, 0.25) is 0 Å². The third-order valence-electron chi connectivity index (χ3n) is 5.80. The third-order valence-corrected chi connectivity index (χ3v) is 5.80. The lowest BCUT2D eigenvalue weighted by Gasteiger charge is -2.22. The van der Waals surface area contributed by atoms with Crippen molar-refractivity contribution < 1.29 is 13.9 Å². The fraction of sp³-hybridized carbons (Fsp3) is 0.208. The van der Waals surface area contributed by atoms with Crippen molar-refractivity contribution in [2.45, 2.75) is 19.3 Å². The van der Waals surface area contributed by atoms with Gasteiger partial charge < -0.3 is 20.4 Å². The number of aromatic nitrogens is 3. The second-order valence-electron chi connectivity index (χ2n) is 7.79. The zero-order valence-corrected chi connectivity index (χ0v) is 17.5. The number of nitrogens with zero attached hydrogens (tertiary/aromatic N) is 2. The molecule has 0 bridgehead atoms. The number of para-hydroxylation sites is 1. The first-order chi connectivity index (χ1) is 15.6. The number of carbonyl (C=O) groups excluding carboxylic acids is 1. The minimum atomic E-state index is -0.382. The number of aryl methyl sites for hydroxylation is 1. The maximum atomic E-state index is 13.9. The summed E-state index contributed by atoms with van der Waals surface area (Å²) in [6, 6.07) is 13.7. The van der Waals surface area contributed by atoms with Gasteiger partial charge in [0, 0.05) is 23.4 Å². The topological polar surface area (TPSA) is 91.9 Å². The van der Waals surface area contributed by atoms with E-state index in [4.69, 9.17) is 4.74 Å². The van der Waals surface area contributed by atoms with Crippen LogP contribution in [0, 0.1) is 11.7 Å². The number of methoxy groups -OCH3 is 1. The van der Waals surface area contributed by atoms with E-state index in [2.05, 4.69) is 25.6 Å². The van der Waals surface area contributed by atoms with Crippen LogP contribution in [0.25, 0.3) is 11.0 Å². The number of hydrogen-bond acceptors (Lipinski definition) is 5. The van der Waals surface area contributed by atoms with E-state index < -0.39 is 0 Å². The number of rotatable bonds is 5. The Kier molecular flexibility index (Phi) is 5.18. The van der Waals surface area contributed by atoms with Crippen LogP contribution in [0.5, 0.6) is 5.75 Å². The Labute approximate surface area is 184 Å². The van der Waals surface area contributed by atoms with Crippen molar-refractivity contribution in [1.82, 2.24) is 15.0 Å². The van der Waals surface area contributed by atoms with Crippen molar-refractivity contribution in [2.75, 3.05) is 17.7 Å². The first kappa shape index (κ1) is 20.0. The summed E-state index contributed by atoms with van der Waals surface area (Å²) in [4.78, 5) is 25.0. The first-order valence-corrected chi connectivity index (χ1v) is 10.4. The number of benzene rings is 2. The monoisotopic (exact) mass is 431 g/mol. The Hall–Kier alpha value is -3.94. The van der Waals surface area contributed by atoms with Crippen molar-refractivity contribution in [2.24, 2.45) is 5.92 Å². The molecule has 2 aromatic carbocycles. The van der Waals surface area contributed by atoms with E-state index in [1.54, 1.807) is 6.07 Å². The average molecular weight is 431 g/mol. The fourth-order valence-corrected chi connectivity index (χ4v) is 4.23. The molecule has 4 aromatic rings. The van der Waals surface area contributed by atoms with Crippen LogP contribution in [0.1, 0.15) is 17.7 Å². The van der Waals surface area contributed by atoms with Gasteiger partial charge in [-0.1, -0.05) is 18.2 Å². The van der Waals surface area contributed by atoms with Crippen LogP contribution in [0.15, 0.2) is 54.9 Å². The molecule has 0 fully saturated rings. The standard InChI is InChI=1S/C24H22FN5O2/c1-32-20-10-8-15(25)12-19(20)30-23-21-17-11-14(24(31)28-16-5-3-2-4-6-16)7-9-18(17)29-22(21)26-13-27-23/h2-6,8,10,12-14H,7,9,11H2,1H3,(H,28,31)(H2,26,27,29,30)/t14-/m0/s1. The molecule has 7 nitrogen and oxygen atoms in total. The number of amides is 1. The van der Waals surface area contributed by atoms with Crippen LogP contribution in [-0.4, -0.2) is 28.0 Å². The van der Waals surface area contributed by atoms with Crippen molar-refractivity contribution in [1.29, 1.82) is 0 Å². The molecule has 0 saturated carbocycles. The number of fused-ring (bicyclic) bond motifs is 3. The van der Waals surface area contributed by atoms with Gasteiger partial charge in [-0.2, -0.15) is 0 Å². The smallest absolute Gasteiger partial charge is 0.227 e. The Balaban J connectivity index is 1.47. The van der Waals surface area contributed by atoms with Gasteiger partial charge in [-0.3, -0.25) is 4.79 Å². The van der Waals surface area contributed by atoms with Crippen molar-refractivity contribution in [3.05, 3.63) is 71.9 Å². The van der Waals surface area contributed by atoms with Gasteiger partial charge in [-0.05, 0) is 49.1 Å². The van der Waals surface area contributed by atoms with Crippen molar-refractivity contribution in [3.63, 3.8) is 0 Å². The number of ether oxygens (including phenoxy) is 1. The van der Waals surface area contributed by atoms with Crippen LogP contribution in [-0.2, 0) is 17.6 Å². The molecule has 0 unspecified atom stereocenters. The molecule has 1 aliphatic carbocycles. The maximum Gasteiger partial charge on any atom is 0.227 e. The van der Waals surface area contributed by atoms with Gasteiger partial charge in [0.05, 0.1) is 18.2 Å². The molecule has 1 amide bonds. The summed E-state index contributed by atoms with van der Waals surface area (Å²) in [5.74, 6) is 0.489. The number of carbonyl (C=O) groups is 1. The van der Waals surface area contributed by atoms with Gasteiger partial charge in [-0.25, -0.2) is 14.4 Å². The largest absolute Gasteiger partial charge is 0.495 e. The minimum Gasteiger partial charge on any atom is -0.495 e. The number of halogens is 1. The van der Waals surface area contributed by atoms with Crippen LogP contribution >= 0.6 is 0 Å². The van der Waals surface area contributed by atoms with Gasteiger partial charge in [-0.15, -0.1) is 0 Å². The average Bonchev–Trinajstić information content (AvgIpc) is 3.19. The summed E-state index contributed by atoms with van der Waals surface area (Å²) in [6.45, 7) is 0. The van der Waals surface area contributed by atoms with Gasteiger partial charge in [0.25, 0.3) is 0 Å². The Morgan fingerprint density at radius 2 is 2.03 bits per heavy atom. The van der Waals surface area contributed by atoms with Gasteiger partial charge >= 0.3 is 0 Å². The number of aromatic amines is 1. The molecule has 8 heteroatoms. The minimum absolute atomic E-state index is 0.00522. The number of hydrogen-bond donors (Lipinski definition) is 3. The number of anilines is 3. The first-order valence-electron chi connectivity index (χ1n) is 10.4. The molecule has 1 atom stereocenters. The predicted octanol–water partition coefficient (Wildman–Crippen LogP) is 4.59. The van der Waals surface area contributed by atoms with E-state index >= 15 is 0 Å². The van der Waals surface area contributed by atoms with E-state index in [1.165, 1.54) is 25.6 Å². The summed E-state index contributed by atoms with van der Waals surface area (Å²) >= 11 is 0. The molecule has 0 radical (unpaired) electrons. The molecule has 162 valence electrons. The van der Waals surface area contributed by atoms with Gasteiger partial charge in [0.15, 0.2) is 0 Å². The van der Waals surface area contributed by atoms with E-state index in [-0.39, 0.29) is 17.6 Å². The second-order valence-corrected chi connectivity index (χ2v) is 7.79. The number of nitrogens with one attached hydrogen (secondary N) is 3. The lowest BCUT2D eigenvalue weighted by Crippen LogP contribution is -2.28. The zero-order valence-electron chi connectivity index (χ0n) is 17.5. The van der Waals surface area contributed by atoms with Gasteiger partial charge in [0.2, 0.25) is 5.91 Å². The van der Waals surface area contributed by atoms with E-state index in [1.807, 2.05) is 30.3 Å². The van der Waals surface area contributed by atoms with Crippen LogP contribution < -0.4 is 15.4 Å². The molecule has 2 aromatic heterocycles. The molecular weight excluding hydrogens is 409 g/mol. The van der Waals surface area contributed by atoms with Crippen LogP contribution in [0.4, 0.5) is 21.6 Å². The Morgan fingerprint density at radius 1 is 1.19 bits per heavy atom. The molecule has 5 rings (SSSR count). The van der Waals surface area contributed by atoms with E-state index in [0.29, 0.717) is 29.3 Å². The highest BCUT2D eigenvalue weighted by atomic mass is 19.1. The second kappa shape index (κ2) is 8.30. The lowest BCUT2D eigenvalue weighted by atomic mass is 9.86. The van der Waals surface area contributed by atoms with Crippen molar-refractivity contribution >= 4 is 34.1 Å². The summed E-state index contributed by atoms with van der Waals surface area (Å²) in [6.07, 6.45) is 3.50. The van der Waals surface area contributed by atoms with Crippen molar-refractivity contribution in [3.8, 4) is 5.75 Å². The zero-order chi connectivity index (χ0) is 22.1. The molecular formula is C24H22FN5O2. The summed E-state index contributed by atoms with van der Waals surface area (Å²) < 4.78 is 19.2. The highest BCUT2D eigenvalue weighted by Crippen LogP contribution is 2.37. The third kappa shape index (κ3) is 3.75. The Morgan fingerprint density at radius 3 is 2.84 bits per heavy atom. The highest BCUT2D eigenvalue weighted by Gasteiger charge is 2.29. The molecule has 0 aliphatic heterocycles. The summed E-state index contributed by atoms with van der Waals surface area (Å²) in [5.41, 5.74) is 4.01. The fourth-order valence-electron chi connectivity index (χ4n) is 4.23. The molecule has 3 N–H and O–H groups in total. The number of H-pyrrole nitrogens is 1. The molecule has 1 aliphatic rings. The maximum absolute atomic E-state index is 13.9. The van der Waals surface area contributed by atoms with Gasteiger partial charge in [0.1, 0.15) is 29.4 Å². The molecule has 2 heterocycles. The van der Waals surface area contributed by atoms with E-state index in [0.717, 1.165) is 35.2 Å². The molecule has 32 heavy (non-hydrogen) atoms. The SMILES string of the molecule is COc1ccc(F)cc1Nc1ncnc2[nH]c3c(c12)C[C@@H](C(=O)Nc1ccccc1)CC3. The quantitative estimate of drug-likeness (QED) is 0.430. The predicted molar refractivity (Wildman–Crippen MR) is 121 cm³/mol. The summed E-state index contributed by atoms with van der Waals surface area (Å²) in [7, 11) is 1.53. The normalized spacial score (nSPS) is 15.2. The Bertz CT molecular complexity index is 1290. The highest BCUT2D eigenvalue weighted by molar-refractivity contribution is 5.96. The summed E-state index contributed by atoms with van der Waals surface area (Å²) in [5, 5.41) is 7.01. The molecule has 0 spiro atoms. The lowest BCUT2D eigenvalue weighted by molar-refractivity contribution is -0.120. The van der Waals surface area contributed by atoms with E-state index in [9.17, 15) is 9.18 Å². The molecule has 0 saturated heterocycles.